The van der Waals surface area contributed by atoms with Crippen LogP contribution in [-0.2, 0) is 0 Å². The van der Waals surface area contributed by atoms with Gasteiger partial charge in [0.15, 0.2) is 0 Å². The Kier molecular flexibility index (Phi) is 7.52. The molecule has 1 aliphatic rings. The molecule has 0 bridgehead atoms. The van der Waals surface area contributed by atoms with Gasteiger partial charge in [0.2, 0.25) is 0 Å². The van der Waals surface area contributed by atoms with Crippen LogP contribution in [0.5, 0.6) is 0 Å². The number of hydrogen-bond donors (Lipinski definition) is 1. The molecular weight excluding hydrogens is 314 g/mol. The van der Waals surface area contributed by atoms with Crippen LogP contribution in [0.15, 0.2) is 24.3 Å². The Hall–Kier alpha value is -1.59. The van der Waals surface area contributed by atoms with Gasteiger partial charge in [-0.15, -0.1) is 12.4 Å². The number of amides is 2. The summed E-state index contributed by atoms with van der Waals surface area (Å²) in [6.45, 7) is 4.63. The van der Waals surface area contributed by atoms with Gasteiger partial charge in [-0.2, -0.15) is 0 Å². The van der Waals surface area contributed by atoms with Crippen molar-refractivity contribution in [3.05, 3.63) is 35.4 Å². The number of hydrogen-bond acceptors (Lipinski definition) is 3. The minimum atomic E-state index is -0.0841. The molecule has 0 aromatic heterocycles. The normalized spacial score (nSPS) is 16.6. The predicted octanol–water partition coefficient (Wildman–Crippen LogP) is 2.02. The average molecular weight is 340 g/mol. The zero-order chi connectivity index (χ0) is 16.1. The molecule has 1 aliphatic heterocycles. The molecule has 5 nitrogen and oxygen atoms in total. The van der Waals surface area contributed by atoms with Crippen molar-refractivity contribution in [2.45, 2.75) is 25.8 Å². The van der Waals surface area contributed by atoms with Gasteiger partial charge in [0, 0.05) is 44.4 Å². The summed E-state index contributed by atoms with van der Waals surface area (Å²) in [6.07, 6.45) is 1.92. The van der Waals surface area contributed by atoms with E-state index in [4.69, 9.17) is 0 Å². The van der Waals surface area contributed by atoms with E-state index >= 15 is 0 Å². The van der Waals surface area contributed by atoms with E-state index in [-0.39, 0.29) is 30.3 Å². The summed E-state index contributed by atoms with van der Waals surface area (Å²) in [5, 5.41) is 3.31. The third kappa shape index (κ3) is 4.69. The Morgan fingerprint density at radius 3 is 2.39 bits per heavy atom. The number of benzene rings is 1. The number of halogens is 1. The molecule has 0 aliphatic carbocycles. The smallest absolute Gasteiger partial charge is 0.254 e. The largest absolute Gasteiger partial charge is 0.345 e. The van der Waals surface area contributed by atoms with E-state index < -0.39 is 0 Å². The van der Waals surface area contributed by atoms with Crippen LogP contribution in [0, 0.1) is 0 Å². The van der Waals surface area contributed by atoms with Crippen LogP contribution in [0.3, 0.4) is 0 Å². The van der Waals surface area contributed by atoms with Crippen molar-refractivity contribution >= 4 is 24.2 Å². The molecule has 2 amide bonds. The molecule has 1 N–H and O–H groups in total. The lowest BCUT2D eigenvalue weighted by Gasteiger charge is -2.28. The number of nitrogens with zero attached hydrogens (tertiary/aromatic N) is 2. The number of nitrogens with one attached hydrogen (secondary N) is 1. The van der Waals surface area contributed by atoms with Gasteiger partial charge < -0.3 is 15.1 Å². The first-order chi connectivity index (χ1) is 10.5. The fourth-order valence-electron chi connectivity index (χ4n) is 2.81. The first-order valence-corrected chi connectivity index (χ1v) is 7.88. The lowest BCUT2D eigenvalue weighted by atomic mass is 10.1. The van der Waals surface area contributed by atoms with Gasteiger partial charge in [0.25, 0.3) is 11.8 Å². The standard InChI is InChI=1S/C17H25N3O2.ClH/c1-4-10-20(15-8-9-18-12-15)17(22)14-7-5-6-13(11-14)16(21)19(2)3;/h5-7,11,15,18H,4,8-10,12H2,1-3H3;1H. The molecule has 2 rings (SSSR count). The Bertz CT molecular complexity index is 542. The van der Waals surface area contributed by atoms with Crippen LogP contribution in [0.2, 0.25) is 0 Å². The van der Waals surface area contributed by atoms with E-state index in [9.17, 15) is 9.59 Å². The molecule has 0 radical (unpaired) electrons. The van der Waals surface area contributed by atoms with E-state index in [0.717, 1.165) is 32.5 Å². The van der Waals surface area contributed by atoms with Gasteiger partial charge in [-0.3, -0.25) is 9.59 Å². The predicted molar refractivity (Wildman–Crippen MR) is 94.3 cm³/mol. The zero-order valence-corrected chi connectivity index (χ0v) is 14.9. The molecular formula is C17H26ClN3O2. The van der Waals surface area contributed by atoms with Crippen molar-refractivity contribution in [1.82, 2.24) is 15.1 Å². The minimum Gasteiger partial charge on any atom is -0.345 e. The molecule has 1 aromatic carbocycles. The van der Waals surface area contributed by atoms with Crippen LogP contribution in [-0.4, -0.2) is 61.4 Å². The van der Waals surface area contributed by atoms with Gasteiger partial charge in [0.1, 0.15) is 0 Å². The summed E-state index contributed by atoms with van der Waals surface area (Å²) in [5.41, 5.74) is 1.14. The molecule has 128 valence electrons. The van der Waals surface area contributed by atoms with E-state index in [1.54, 1.807) is 38.4 Å². The molecule has 1 atom stereocenters. The van der Waals surface area contributed by atoms with Crippen LogP contribution in [0.1, 0.15) is 40.5 Å². The molecule has 6 heteroatoms. The SMILES string of the molecule is CCCN(C(=O)c1cccc(C(=O)N(C)C)c1)C1CCNC1.Cl. The molecule has 0 saturated carbocycles. The molecule has 0 spiro atoms. The fourth-order valence-corrected chi connectivity index (χ4v) is 2.81. The van der Waals surface area contributed by atoms with Crippen molar-refractivity contribution in [3.8, 4) is 0 Å². The first kappa shape index (κ1) is 19.5. The zero-order valence-electron chi connectivity index (χ0n) is 14.0. The molecule has 1 heterocycles. The van der Waals surface area contributed by atoms with Gasteiger partial charge in [-0.05, 0) is 37.6 Å². The molecule has 1 unspecified atom stereocenters. The molecule has 23 heavy (non-hydrogen) atoms. The van der Waals surface area contributed by atoms with Crippen molar-refractivity contribution in [2.24, 2.45) is 0 Å². The van der Waals surface area contributed by atoms with E-state index in [0.29, 0.717) is 11.1 Å². The highest BCUT2D eigenvalue weighted by atomic mass is 35.5. The van der Waals surface area contributed by atoms with E-state index in [1.807, 2.05) is 4.90 Å². The summed E-state index contributed by atoms with van der Waals surface area (Å²) >= 11 is 0. The fraction of sp³-hybridized carbons (Fsp3) is 0.529. The Balaban J connectivity index is 0.00000264. The summed E-state index contributed by atoms with van der Waals surface area (Å²) in [7, 11) is 3.43. The number of carbonyl (C=O) groups excluding carboxylic acids is 2. The average Bonchev–Trinajstić information content (AvgIpc) is 3.05. The lowest BCUT2D eigenvalue weighted by molar-refractivity contribution is 0.0692. The number of rotatable bonds is 5. The van der Waals surface area contributed by atoms with Crippen LogP contribution in [0.25, 0.3) is 0 Å². The third-order valence-electron chi connectivity index (χ3n) is 3.96. The highest BCUT2D eigenvalue weighted by Crippen LogP contribution is 2.16. The Morgan fingerprint density at radius 1 is 1.22 bits per heavy atom. The van der Waals surface area contributed by atoms with Crippen molar-refractivity contribution < 1.29 is 9.59 Å². The summed E-state index contributed by atoms with van der Waals surface area (Å²) in [6, 6.07) is 7.28. The maximum absolute atomic E-state index is 12.8. The van der Waals surface area contributed by atoms with Gasteiger partial charge in [-0.25, -0.2) is 0 Å². The Morgan fingerprint density at radius 2 is 1.87 bits per heavy atom. The van der Waals surface area contributed by atoms with Crippen LogP contribution in [0.4, 0.5) is 0 Å². The van der Waals surface area contributed by atoms with Crippen molar-refractivity contribution in [3.63, 3.8) is 0 Å². The number of carbonyl (C=O) groups is 2. The molecule has 1 aromatic rings. The van der Waals surface area contributed by atoms with E-state index in [2.05, 4.69) is 12.2 Å². The second-order valence-electron chi connectivity index (χ2n) is 5.93. The lowest BCUT2D eigenvalue weighted by Crippen LogP contribution is -2.42. The topological polar surface area (TPSA) is 52.7 Å². The maximum Gasteiger partial charge on any atom is 0.254 e. The maximum atomic E-state index is 12.8. The van der Waals surface area contributed by atoms with Gasteiger partial charge in [0.05, 0.1) is 0 Å². The highest BCUT2D eigenvalue weighted by Gasteiger charge is 2.27. The van der Waals surface area contributed by atoms with Crippen LogP contribution >= 0.6 is 12.4 Å². The molecule has 1 fully saturated rings. The van der Waals surface area contributed by atoms with Crippen molar-refractivity contribution in [1.29, 1.82) is 0 Å². The van der Waals surface area contributed by atoms with Gasteiger partial charge >= 0.3 is 0 Å². The van der Waals surface area contributed by atoms with Crippen molar-refractivity contribution in [2.75, 3.05) is 33.7 Å². The Labute approximate surface area is 144 Å². The summed E-state index contributed by atoms with van der Waals surface area (Å²) in [5.74, 6) is -0.0665. The highest BCUT2D eigenvalue weighted by molar-refractivity contribution is 5.99. The second-order valence-corrected chi connectivity index (χ2v) is 5.93. The van der Waals surface area contributed by atoms with Gasteiger partial charge in [-0.1, -0.05) is 13.0 Å². The van der Waals surface area contributed by atoms with E-state index in [1.165, 1.54) is 4.90 Å². The summed E-state index contributed by atoms with van der Waals surface area (Å²) < 4.78 is 0. The summed E-state index contributed by atoms with van der Waals surface area (Å²) in [4.78, 5) is 28.4. The third-order valence-corrected chi connectivity index (χ3v) is 3.96. The minimum absolute atomic E-state index is 0. The quantitative estimate of drug-likeness (QED) is 0.893. The van der Waals surface area contributed by atoms with Crippen LogP contribution < -0.4 is 5.32 Å². The first-order valence-electron chi connectivity index (χ1n) is 7.88. The second kappa shape index (κ2) is 8.89. The monoisotopic (exact) mass is 339 g/mol. The molecule has 1 saturated heterocycles.